The van der Waals surface area contributed by atoms with E-state index >= 15 is 0 Å². The first kappa shape index (κ1) is 16.7. The molecule has 2 aromatic carbocycles. The zero-order valence-corrected chi connectivity index (χ0v) is 13.2. The third-order valence-corrected chi connectivity index (χ3v) is 3.77. The van der Waals surface area contributed by atoms with Gasteiger partial charge >= 0.3 is 0 Å². The number of rotatable bonds is 5. The van der Waals surface area contributed by atoms with Crippen LogP contribution in [0.4, 0.5) is 17.1 Å². The highest BCUT2D eigenvalue weighted by atomic mass is 32.2. The molecule has 0 aliphatic rings. The van der Waals surface area contributed by atoms with Crippen molar-refractivity contribution in [3.63, 3.8) is 0 Å². The normalized spacial score (nSPS) is 11.6. The Bertz CT molecular complexity index is 849. The second-order valence-corrected chi connectivity index (χ2v) is 5.86. The fourth-order valence-electron chi connectivity index (χ4n) is 1.80. The van der Waals surface area contributed by atoms with Crippen molar-refractivity contribution in [2.24, 2.45) is 10.2 Å². The van der Waals surface area contributed by atoms with Crippen molar-refractivity contribution in [2.75, 3.05) is 20.0 Å². The topological polar surface area (TPSA) is 124 Å². The van der Waals surface area contributed by atoms with Crippen LogP contribution in [0, 0.1) is 0 Å². The minimum absolute atomic E-state index is 0.248. The second-order valence-electron chi connectivity index (χ2n) is 4.44. The fourth-order valence-corrected chi connectivity index (χ4v) is 2.32. The van der Waals surface area contributed by atoms with E-state index in [2.05, 4.69) is 10.2 Å². The third-order valence-electron chi connectivity index (χ3n) is 2.92. The van der Waals surface area contributed by atoms with E-state index in [9.17, 15) is 8.42 Å². The van der Waals surface area contributed by atoms with Gasteiger partial charge in [-0.25, -0.2) is 0 Å². The number of nitrogens with two attached hydrogens (primary N) is 1. The summed E-state index contributed by atoms with van der Waals surface area (Å²) in [5, 5.41) is 7.95. The van der Waals surface area contributed by atoms with Crippen LogP contribution in [0.2, 0.25) is 0 Å². The summed E-state index contributed by atoms with van der Waals surface area (Å²) in [5.41, 5.74) is 6.77. The monoisotopic (exact) mass is 337 g/mol. The van der Waals surface area contributed by atoms with Crippen LogP contribution in [0.15, 0.2) is 51.5 Å². The maximum absolute atomic E-state index is 11.1. The number of nitrogen functional groups attached to an aromatic ring is 1. The van der Waals surface area contributed by atoms with Crippen LogP contribution >= 0.6 is 0 Å². The molecule has 0 amide bonds. The van der Waals surface area contributed by atoms with Gasteiger partial charge in [-0.05, 0) is 18.2 Å². The number of azo groups is 1. The Morgan fingerprint density at radius 3 is 2.35 bits per heavy atom. The van der Waals surface area contributed by atoms with Crippen molar-refractivity contribution in [2.45, 2.75) is 4.90 Å². The maximum Gasteiger partial charge on any atom is 0.294 e. The molecule has 122 valence electrons. The van der Waals surface area contributed by atoms with Gasteiger partial charge < -0.3 is 15.2 Å². The highest BCUT2D eigenvalue weighted by Crippen LogP contribution is 2.37. The number of hydrogen-bond donors (Lipinski definition) is 2. The SMILES string of the molecule is COc1cc(/N=N/c2cccc(S(=O)(=O)O)c2)c(OC)cc1N. The number of hydrogen-bond acceptors (Lipinski definition) is 7. The molecule has 2 aromatic rings. The molecule has 0 aromatic heterocycles. The first-order valence-electron chi connectivity index (χ1n) is 6.36. The highest BCUT2D eigenvalue weighted by molar-refractivity contribution is 7.85. The predicted octanol–water partition coefficient (Wildman–Crippen LogP) is 2.95. The standard InChI is InChI=1S/C14H15N3O5S/c1-21-13-8-12(14(22-2)7-11(13)15)17-16-9-4-3-5-10(6-9)23(18,19)20/h3-8H,15H2,1-2H3,(H,18,19,20)/b17-16+. The van der Waals surface area contributed by atoms with E-state index in [1.807, 2.05) is 0 Å². The van der Waals surface area contributed by atoms with E-state index in [0.29, 0.717) is 22.9 Å². The number of methoxy groups -OCH3 is 2. The van der Waals surface area contributed by atoms with Crippen LogP contribution in [0.3, 0.4) is 0 Å². The molecule has 0 aliphatic carbocycles. The van der Waals surface area contributed by atoms with Crippen LogP contribution in [0.5, 0.6) is 11.5 Å². The Morgan fingerprint density at radius 1 is 1.04 bits per heavy atom. The molecule has 0 saturated carbocycles. The maximum atomic E-state index is 11.1. The summed E-state index contributed by atoms with van der Waals surface area (Å²) in [6.45, 7) is 0. The van der Waals surface area contributed by atoms with Gasteiger partial charge in [0.2, 0.25) is 0 Å². The van der Waals surface area contributed by atoms with Crippen molar-refractivity contribution >= 4 is 27.2 Å². The van der Waals surface area contributed by atoms with Gasteiger partial charge in [-0.15, -0.1) is 5.11 Å². The van der Waals surface area contributed by atoms with Gasteiger partial charge in [-0.1, -0.05) is 6.07 Å². The fraction of sp³-hybridized carbons (Fsp3) is 0.143. The Morgan fingerprint density at radius 2 is 1.74 bits per heavy atom. The predicted molar refractivity (Wildman–Crippen MR) is 84.4 cm³/mol. The summed E-state index contributed by atoms with van der Waals surface area (Å²) in [5.74, 6) is 0.796. The van der Waals surface area contributed by atoms with Crippen LogP contribution in [0.1, 0.15) is 0 Å². The van der Waals surface area contributed by atoms with E-state index in [1.54, 1.807) is 18.2 Å². The molecule has 0 unspecified atom stereocenters. The molecule has 0 saturated heterocycles. The van der Waals surface area contributed by atoms with E-state index in [0.717, 1.165) is 0 Å². The van der Waals surface area contributed by atoms with Crippen LogP contribution < -0.4 is 15.2 Å². The van der Waals surface area contributed by atoms with E-state index < -0.39 is 10.1 Å². The lowest BCUT2D eigenvalue weighted by Crippen LogP contribution is -1.96. The Balaban J connectivity index is 2.41. The smallest absolute Gasteiger partial charge is 0.294 e. The zero-order valence-electron chi connectivity index (χ0n) is 12.4. The molecule has 3 N–H and O–H groups in total. The summed E-state index contributed by atoms with van der Waals surface area (Å²) < 4.78 is 41.5. The first-order valence-corrected chi connectivity index (χ1v) is 7.80. The highest BCUT2D eigenvalue weighted by Gasteiger charge is 2.11. The Labute approximate surface area is 133 Å². The lowest BCUT2D eigenvalue weighted by Gasteiger charge is -2.09. The van der Waals surface area contributed by atoms with Gasteiger partial charge in [0.25, 0.3) is 10.1 Å². The van der Waals surface area contributed by atoms with Gasteiger partial charge in [0.1, 0.15) is 17.2 Å². The van der Waals surface area contributed by atoms with E-state index in [1.165, 1.54) is 32.4 Å². The van der Waals surface area contributed by atoms with Crippen LogP contribution in [0.25, 0.3) is 0 Å². The summed E-state index contributed by atoms with van der Waals surface area (Å²) in [4.78, 5) is -0.268. The Hall–Kier alpha value is -2.65. The molecule has 23 heavy (non-hydrogen) atoms. The zero-order chi connectivity index (χ0) is 17.0. The summed E-state index contributed by atoms with van der Waals surface area (Å²) in [6.07, 6.45) is 0. The third kappa shape index (κ3) is 3.96. The van der Waals surface area contributed by atoms with Crippen molar-refractivity contribution in [1.82, 2.24) is 0 Å². The number of ether oxygens (including phenoxy) is 2. The van der Waals surface area contributed by atoms with Gasteiger partial charge in [0.05, 0.1) is 30.5 Å². The quantitative estimate of drug-likeness (QED) is 0.491. The Kier molecular flexibility index (Phi) is 4.82. The van der Waals surface area contributed by atoms with Crippen LogP contribution in [-0.4, -0.2) is 27.2 Å². The first-order chi connectivity index (χ1) is 10.8. The van der Waals surface area contributed by atoms with Gasteiger partial charge in [0.15, 0.2) is 0 Å². The molecule has 0 spiro atoms. The summed E-state index contributed by atoms with van der Waals surface area (Å²) >= 11 is 0. The van der Waals surface area contributed by atoms with E-state index in [4.69, 9.17) is 19.8 Å². The summed E-state index contributed by atoms with van der Waals surface area (Å²) in [6, 6.07) is 8.52. The molecule has 0 aliphatic heterocycles. The van der Waals surface area contributed by atoms with Crippen molar-refractivity contribution < 1.29 is 22.4 Å². The number of benzene rings is 2. The van der Waals surface area contributed by atoms with Gasteiger partial charge in [-0.3, -0.25) is 4.55 Å². The lowest BCUT2D eigenvalue weighted by atomic mass is 10.2. The molecule has 0 heterocycles. The molecular weight excluding hydrogens is 322 g/mol. The molecule has 0 radical (unpaired) electrons. The number of anilines is 1. The molecule has 0 bridgehead atoms. The molecule has 2 rings (SSSR count). The van der Waals surface area contributed by atoms with Gasteiger partial charge in [0, 0.05) is 12.1 Å². The average Bonchev–Trinajstić information content (AvgIpc) is 2.52. The van der Waals surface area contributed by atoms with Crippen molar-refractivity contribution in [1.29, 1.82) is 0 Å². The van der Waals surface area contributed by atoms with E-state index in [-0.39, 0.29) is 10.6 Å². The number of nitrogens with zero attached hydrogens (tertiary/aromatic N) is 2. The van der Waals surface area contributed by atoms with Gasteiger partial charge in [-0.2, -0.15) is 13.5 Å². The minimum Gasteiger partial charge on any atom is -0.495 e. The largest absolute Gasteiger partial charge is 0.495 e. The second kappa shape index (κ2) is 6.63. The lowest BCUT2D eigenvalue weighted by molar-refractivity contribution is 0.406. The molecule has 0 atom stereocenters. The molecular formula is C14H15N3O5S. The average molecular weight is 337 g/mol. The van der Waals surface area contributed by atoms with Crippen molar-refractivity contribution in [3.05, 3.63) is 36.4 Å². The molecule has 0 fully saturated rings. The van der Waals surface area contributed by atoms with Crippen molar-refractivity contribution in [3.8, 4) is 11.5 Å². The van der Waals surface area contributed by atoms with Crippen LogP contribution in [-0.2, 0) is 10.1 Å². The molecule has 9 heteroatoms. The summed E-state index contributed by atoms with van der Waals surface area (Å²) in [7, 11) is -1.38. The minimum atomic E-state index is -4.30. The molecule has 8 nitrogen and oxygen atoms in total.